The minimum absolute atomic E-state index is 0.0351. The number of thiophene rings is 1. The van der Waals surface area contributed by atoms with E-state index in [1.807, 2.05) is 11.4 Å². The lowest BCUT2D eigenvalue weighted by molar-refractivity contribution is -0.124. The van der Waals surface area contributed by atoms with Gasteiger partial charge in [0, 0.05) is 11.4 Å². The molecular weight excluding hydrogens is 236 g/mol. The highest BCUT2D eigenvalue weighted by Crippen LogP contribution is 2.08. The molecule has 1 atom stereocenters. The molecule has 5 nitrogen and oxygen atoms in total. The lowest BCUT2D eigenvalue weighted by Crippen LogP contribution is -2.32. The van der Waals surface area contributed by atoms with Crippen molar-refractivity contribution in [1.82, 2.24) is 20.1 Å². The number of aromatic nitrogens is 3. The van der Waals surface area contributed by atoms with Crippen molar-refractivity contribution in [3.63, 3.8) is 0 Å². The van der Waals surface area contributed by atoms with Gasteiger partial charge in [0.15, 0.2) is 0 Å². The fraction of sp³-hybridized carbons (Fsp3) is 0.364. The van der Waals surface area contributed by atoms with Gasteiger partial charge in [-0.3, -0.25) is 4.79 Å². The van der Waals surface area contributed by atoms with Crippen LogP contribution >= 0.6 is 11.3 Å². The molecule has 1 N–H and O–H groups in total. The van der Waals surface area contributed by atoms with Crippen LogP contribution in [0.4, 0.5) is 0 Å². The van der Waals surface area contributed by atoms with E-state index in [4.69, 9.17) is 0 Å². The Bertz CT molecular complexity index is 452. The van der Waals surface area contributed by atoms with Crippen molar-refractivity contribution >= 4 is 17.2 Å². The third kappa shape index (κ3) is 3.13. The van der Waals surface area contributed by atoms with Gasteiger partial charge >= 0.3 is 0 Å². The van der Waals surface area contributed by atoms with Gasteiger partial charge in [-0.2, -0.15) is 5.10 Å². The molecule has 0 saturated heterocycles. The molecule has 2 rings (SSSR count). The SMILES string of the molecule is C[C@@H](C(=O)NCCc1cccs1)n1cncn1. The topological polar surface area (TPSA) is 59.8 Å². The first-order chi connectivity index (χ1) is 8.27. The van der Waals surface area contributed by atoms with Crippen LogP contribution in [0.15, 0.2) is 30.2 Å². The monoisotopic (exact) mass is 250 g/mol. The maximum atomic E-state index is 11.8. The molecule has 0 aliphatic carbocycles. The van der Waals surface area contributed by atoms with Crippen molar-refractivity contribution in [2.45, 2.75) is 19.4 Å². The molecule has 2 heterocycles. The van der Waals surface area contributed by atoms with Gasteiger partial charge in [0.05, 0.1) is 0 Å². The second-order valence-electron chi connectivity index (χ2n) is 3.67. The largest absolute Gasteiger partial charge is 0.354 e. The Balaban J connectivity index is 1.77. The predicted molar refractivity (Wildman–Crippen MR) is 65.8 cm³/mol. The molecule has 2 aromatic heterocycles. The van der Waals surface area contributed by atoms with Gasteiger partial charge in [-0.15, -0.1) is 11.3 Å². The van der Waals surface area contributed by atoms with Gasteiger partial charge in [-0.1, -0.05) is 6.07 Å². The first kappa shape index (κ1) is 11.8. The zero-order valence-corrected chi connectivity index (χ0v) is 10.4. The Kier molecular flexibility index (Phi) is 3.87. The standard InChI is InChI=1S/C11H14N4OS/c1-9(15-8-12-7-14-15)11(16)13-5-4-10-3-2-6-17-10/h2-3,6-9H,4-5H2,1H3,(H,13,16)/t9-/m0/s1. The van der Waals surface area contributed by atoms with E-state index in [1.54, 1.807) is 29.3 Å². The summed E-state index contributed by atoms with van der Waals surface area (Å²) in [5.41, 5.74) is 0. The molecule has 90 valence electrons. The number of hydrogen-bond acceptors (Lipinski definition) is 4. The van der Waals surface area contributed by atoms with Gasteiger partial charge in [-0.05, 0) is 24.8 Å². The van der Waals surface area contributed by atoms with Crippen LogP contribution in [-0.2, 0) is 11.2 Å². The molecule has 0 bridgehead atoms. The fourth-order valence-corrected chi connectivity index (χ4v) is 2.16. The van der Waals surface area contributed by atoms with E-state index < -0.39 is 0 Å². The molecule has 0 unspecified atom stereocenters. The molecule has 0 fully saturated rings. The molecule has 0 spiro atoms. The van der Waals surface area contributed by atoms with Gasteiger partial charge in [0.25, 0.3) is 0 Å². The Hall–Kier alpha value is -1.69. The molecule has 0 radical (unpaired) electrons. The zero-order valence-electron chi connectivity index (χ0n) is 9.54. The quantitative estimate of drug-likeness (QED) is 0.869. The second-order valence-corrected chi connectivity index (χ2v) is 4.70. The van der Waals surface area contributed by atoms with Gasteiger partial charge < -0.3 is 5.32 Å². The van der Waals surface area contributed by atoms with Crippen molar-refractivity contribution in [2.24, 2.45) is 0 Å². The number of nitrogens with one attached hydrogen (secondary N) is 1. The van der Waals surface area contributed by atoms with Crippen molar-refractivity contribution < 1.29 is 4.79 Å². The first-order valence-electron chi connectivity index (χ1n) is 5.41. The summed E-state index contributed by atoms with van der Waals surface area (Å²) < 4.78 is 1.54. The van der Waals surface area contributed by atoms with E-state index in [0.717, 1.165) is 6.42 Å². The highest BCUT2D eigenvalue weighted by molar-refractivity contribution is 7.09. The highest BCUT2D eigenvalue weighted by atomic mass is 32.1. The smallest absolute Gasteiger partial charge is 0.244 e. The van der Waals surface area contributed by atoms with Crippen LogP contribution in [-0.4, -0.2) is 27.2 Å². The molecule has 0 aromatic carbocycles. The van der Waals surface area contributed by atoms with E-state index >= 15 is 0 Å². The lowest BCUT2D eigenvalue weighted by Gasteiger charge is -2.11. The maximum absolute atomic E-state index is 11.8. The van der Waals surface area contributed by atoms with Crippen molar-refractivity contribution in [1.29, 1.82) is 0 Å². The first-order valence-corrected chi connectivity index (χ1v) is 6.29. The molecule has 0 aliphatic rings. The summed E-state index contributed by atoms with van der Waals surface area (Å²) in [7, 11) is 0. The number of hydrogen-bond donors (Lipinski definition) is 1. The number of amides is 1. The normalized spacial score (nSPS) is 12.3. The number of carbonyl (C=O) groups is 1. The van der Waals surface area contributed by atoms with Crippen LogP contribution in [0.2, 0.25) is 0 Å². The number of rotatable bonds is 5. The summed E-state index contributed by atoms with van der Waals surface area (Å²) in [5.74, 6) is -0.0351. The van der Waals surface area contributed by atoms with Crippen LogP contribution in [0, 0.1) is 0 Å². The highest BCUT2D eigenvalue weighted by Gasteiger charge is 2.14. The second kappa shape index (κ2) is 5.58. The van der Waals surface area contributed by atoms with Crippen LogP contribution in [0.1, 0.15) is 17.8 Å². The van der Waals surface area contributed by atoms with E-state index in [1.165, 1.54) is 11.2 Å². The van der Waals surface area contributed by atoms with E-state index in [0.29, 0.717) is 6.54 Å². The van der Waals surface area contributed by atoms with E-state index in [-0.39, 0.29) is 11.9 Å². The molecule has 1 amide bonds. The summed E-state index contributed by atoms with van der Waals surface area (Å²) in [6.07, 6.45) is 3.84. The molecule has 6 heteroatoms. The van der Waals surface area contributed by atoms with Crippen LogP contribution in [0.5, 0.6) is 0 Å². The van der Waals surface area contributed by atoms with Gasteiger partial charge in [0.2, 0.25) is 5.91 Å². The fourth-order valence-electron chi connectivity index (χ4n) is 1.45. The van der Waals surface area contributed by atoms with Crippen molar-refractivity contribution in [3.8, 4) is 0 Å². The molecule has 0 saturated carbocycles. The maximum Gasteiger partial charge on any atom is 0.244 e. The predicted octanol–water partition coefficient (Wildman–Crippen LogP) is 1.26. The third-order valence-electron chi connectivity index (χ3n) is 2.46. The van der Waals surface area contributed by atoms with Crippen molar-refractivity contribution in [3.05, 3.63) is 35.0 Å². The molecular formula is C11H14N4OS. The molecule has 17 heavy (non-hydrogen) atoms. The van der Waals surface area contributed by atoms with Crippen LogP contribution < -0.4 is 5.32 Å². The average Bonchev–Trinajstić information content (AvgIpc) is 3.00. The summed E-state index contributed by atoms with van der Waals surface area (Å²) in [5, 5.41) is 8.87. The minimum Gasteiger partial charge on any atom is -0.354 e. The van der Waals surface area contributed by atoms with Crippen LogP contribution in [0.25, 0.3) is 0 Å². The van der Waals surface area contributed by atoms with Crippen LogP contribution in [0.3, 0.4) is 0 Å². The summed E-state index contributed by atoms with van der Waals surface area (Å²) >= 11 is 1.70. The summed E-state index contributed by atoms with van der Waals surface area (Å²) in [6, 6.07) is 3.76. The van der Waals surface area contributed by atoms with Gasteiger partial charge in [0.1, 0.15) is 18.7 Å². The number of nitrogens with zero attached hydrogens (tertiary/aromatic N) is 3. The number of carbonyl (C=O) groups excluding carboxylic acids is 1. The zero-order chi connectivity index (χ0) is 12.1. The minimum atomic E-state index is -0.319. The Morgan fingerprint density at radius 3 is 3.18 bits per heavy atom. The molecule has 0 aliphatic heterocycles. The Labute approximate surface area is 103 Å². The van der Waals surface area contributed by atoms with E-state index in [2.05, 4.69) is 21.5 Å². The Morgan fingerprint density at radius 1 is 1.65 bits per heavy atom. The van der Waals surface area contributed by atoms with Gasteiger partial charge in [-0.25, -0.2) is 9.67 Å². The van der Waals surface area contributed by atoms with Crippen molar-refractivity contribution in [2.75, 3.05) is 6.54 Å². The Morgan fingerprint density at radius 2 is 2.53 bits per heavy atom. The lowest BCUT2D eigenvalue weighted by atomic mass is 10.3. The molecule has 2 aromatic rings. The third-order valence-corrected chi connectivity index (χ3v) is 3.40. The summed E-state index contributed by atoms with van der Waals surface area (Å²) in [6.45, 7) is 2.45. The van der Waals surface area contributed by atoms with E-state index in [9.17, 15) is 4.79 Å². The summed E-state index contributed by atoms with van der Waals surface area (Å²) in [4.78, 5) is 16.9. The average molecular weight is 250 g/mol.